The zero-order valence-corrected chi connectivity index (χ0v) is 10.7. The molecule has 0 saturated carbocycles. The molecular formula is C13H15N5O. The SMILES string of the molecule is Cc1nccc([C@@H]2CN(c3ccncn3)CCO2)n1. The Bertz CT molecular complexity index is 548. The van der Waals surface area contributed by atoms with E-state index in [1.54, 1.807) is 18.7 Å². The minimum absolute atomic E-state index is 0.0367. The fourth-order valence-corrected chi connectivity index (χ4v) is 2.16. The highest BCUT2D eigenvalue weighted by atomic mass is 16.5. The average Bonchev–Trinajstić information content (AvgIpc) is 2.48. The molecule has 3 rings (SSSR count). The van der Waals surface area contributed by atoms with Crippen molar-refractivity contribution in [2.45, 2.75) is 13.0 Å². The second-order valence-corrected chi connectivity index (χ2v) is 4.40. The summed E-state index contributed by atoms with van der Waals surface area (Å²) in [5, 5.41) is 0. The van der Waals surface area contributed by atoms with Gasteiger partial charge in [-0.15, -0.1) is 0 Å². The van der Waals surface area contributed by atoms with Crippen molar-refractivity contribution in [2.75, 3.05) is 24.6 Å². The molecule has 0 N–H and O–H groups in total. The molecule has 0 aromatic carbocycles. The van der Waals surface area contributed by atoms with Crippen molar-refractivity contribution in [1.29, 1.82) is 0 Å². The molecule has 1 fully saturated rings. The zero-order valence-electron chi connectivity index (χ0n) is 10.7. The van der Waals surface area contributed by atoms with Crippen LogP contribution in [0.25, 0.3) is 0 Å². The van der Waals surface area contributed by atoms with Crippen LogP contribution in [-0.2, 0) is 4.74 Å². The number of nitrogens with zero attached hydrogens (tertiary/aromatic N) is 5. The van der Waals surface area contributed by atoms with E-state index in [1.807, 2.05) is 19.1 Å². The Morgan fingerprint density at radius 2 is 2.21 bits per heavy atom. The molecule has 6 heteroatoms. The molecule has 0 bridgehead atoms. The second kappa shape index (κ2) is 5.27. The lowest BCUT2D eigenvalue weighted by molar-refractivity contribution is 0.0365. The molecular weight excluding hydrogens is 242 g/mol. The number of ether oxygens (including phenoxy) is 1. The maximum absolute atomic E-state index is 5.80. The Morgan fingerprint density at radius 3 is 3.00 bits per heavy atom. The Hall–Kier alpha value is -2.08. The van der Waals surface area contributed by atoms with Crippen LogP contribution in [0.5, 0.6) is 0 Å². The van der Waals surface area contributed by atoms with Crippen molar-refractivity contribution >= 4 is 5.82 Å². The van der Waals surface area contributed by atoms with Crippen LogP contribution < -0.4 is 4.90 Å². The molecule has 0 amide bonds. The van der Waals surface area contributed by atoms with Crippen molar-refractivity contribution in [3.05, 3.63) is 42.4 Å². The van der Waals surface area contributed by atoms with Gasteiger partial charge in [0.15, 0.2) is 0 Å². The summed E-state index contributed by atoms with van der Waals surface area (Å²) in [4.78, 5) is 18.9. The molecule has 1 aliphatic rings. The van der Waals surface area contributed by atoms with Crippen molar-refractivity contribution in [3.8, 4) is 0 Å². The second-order valence-electron chi connectivity index (χ2n) is 4.40. The van der Waals surface area contributed by atoms with Crippen molar-refractivity contribution in [1.82, 2.24) is 19.9 Å². The summed E-state index contributed by atoms with van der Waals surface area (Å²) in [6.45, 7) is 4.12. The van der Waals surface area contributed by atoms with Gasteiger partial charge in [-0.1, -0.05) is 0 Å². The van der Waals surface area contributed by atoms with E-state index in [9.17, 15) is 0 Å². The molecule has 1 atom stereocenters. The quantitative estimate of drug-likeness (QED) is 0.804. The maximum atomic E-state index is 5.80. The number of aryl methyl sites for hydroxylation is 1. The van der Waals surface area contributed by atoms with Gasteiger partial charge in [-0.3, -0.25) is 0 Å². The third kappa shape index (κ3) is 2.68. The van der Waals surface area contributed by atoms with Gasteiger partial charge < -0.3 is 9.64 Å². The normalized spacial score (nSPS) is 19.4. The van der Waals surface area contributed by atoms with E-state index in [0.717, 1.165) is 30.4 Å². The number of hydrogen-bond donors (Lipinski definition) is 0. The van der Waals surface area contributed by atoms with Crippen LogP contribution in [0.15, 0.2) is 30.9 Å². The fraction of sp³-hybridized carbons (Fsp3) is 0.385. The van der Waals surface area contributed by atoms with Gasteiger partial charge in [0, 0.05) is 18.9 Å². The van der Waals surface area contributed by atoms with E-state index in [-0.39, 0.29) is 6.10 Å². The first-order chi connectivity index (χ1) is 9.33. The van der Waals surface area contributed by atoms with Crippen LogP contribution >= 0.6 is 0 Å². The van der Waals surface area contributed by atoms with Crippen LogP contribution in [0.3, 0.4) is 0 Å². The predicted octanol–water partition coefficient (Wildman–Crippen LogP) is 1.15. The van der Waals surface area contributed by atoms with Gasteiger partial charge in [0.05, 0.1) is 18.8 Å². The highest BCUT2D eigenvalue weighted by molar-refractivity contribution is 5.37. The van der Waals surface area contributed by atoms with E-state index in [1.165, 1.54) is 0 Å². The molecule has 1 saturated heterocycles. The van der Waals surface area contributed by atoms with Crippen LogP contribution in [0.1, 0.15) is 17.6 Å². The lowest BCUT2D eigenvalue weighted by Crippen LogP contribution is -2.39. The molecule has 98 valence electrons. The molecule has 0 radical (unpaired) electrons. The number of hydrogen-bond acceptors (Lipinski definition) is 6. The third-order valence-electron chi connectivity index (χ3n) is 3.08. The smallest absolute Gasteiger partial charge is 0.132 e. The molecule has 0 aliphatic carbocycles. The lowest BCUT2D eigenvalue weighted by Gasteiger charge is -2.33. The summed E-state index contributed by atoms with van der Waals surface area (Å²) in [6.07, 6.45) is 5.05. The number of morpholine rings is 1. The summed E-state index contributed by atoms with van der Waals surface area (Å²) in [5.41, 5.74) is 0.922. The van der Waals surface area contributed by atoms with E-state index >= 15 is 0 Å². The fourth-order valence-electron chi connectivity index (χ4n) is 2.16. The molecule has 2 aromatic rings. The van der Waals surface area contributed by atoms with E-state index in [2.05, 4.69) is 24.8 Å². The van der Waals surface area contributed by atoms with Gasteiger partial charge in [-0.2, -0.15) is 0 Å². The summed E-state index contributed by atoms with van der Waals surface area (Å²) in [5.74, 6) is 1.69. The Labute approximate surface area is 111 Å². The summed E-state index contributed by atoms with van der Waals surface area (Å²) in [6, 6.07) is 3.81. The van der Waals surface area contributed by atoms with E-state index in [4.69, 9.17) is 4.74 Å². The van der Waals surface area contributed by atoms with Gasteiger partial charge in [0.1, 0.15) is 24.1 Å². The van der Waals surface area contributed by atoms with Crippen LogP contribution in [0.2, 0.25) is 0 Å². The van der Waals surface area contributed by atoms with Gasteiger partial charge in [-0.05, 0) is 19.1 Å². The molecule has 0 unspecified atom stereocenters. The van der Waals surface area contributed by atoms with Crippen molar-refractivity contribution < 1.29 is 4.74 Å². The Balaban J connectivity index is 1.78. The van der Waals surface area contributed by atoms with Crippen molar-refractivity contribution in [2.24, 2.45) is 0 Å². The standard InChI is InChI=1S/C13H15N5O/c1-10-15-5-2-11(17-10)12-8-18(6-7-19-12)13-3-4-14-9-16-13/h2-5,9,12H,6-8H2,1H3/t12-/m0/s1. The van der Waals surface area contributed by atoms with Gasteiger partial charge in [0.25, 0.3) is 0 Å². The minimum atomic E-state index is -0.0367. The van der Waals surface area contributed by atoms with Gasteiger partial charge >= 0.3 is 0 Å². The predicted molar refractivity (Wildman–Crippen MR) is 69.7 cm³/mol. The highest BCUT2D eigenvalue weighted by Crippen LogP contribution is 2.23. The maximum Gasteiger partial charge on any atom is 0.132 e. The monoisotopic (exact) mass is 257 g/mol. The first-order valence-electron chi connectivity index (χ1n) is 6.25. The molecule has 19 heavy (non-hydrogen) atoms. The Morgan fingerprint density at radius 1 is 1.26 bits per heavy atom. The van der Waals surface area contributed by atoms with Gasteiger partial charge in [-0.25, -0.2) is 19.9 Å². The summed E-state index contributed by atoms with van der Waals surface area (Å²) in [7, 11) is 0. The first kappa shape index (κ1) is 12.0. The lowest BCUT2D eigenvalue weighted by atomic mass is 10.2. The van der Waals surface area contributed by atoms with Gasteiger partial charge in [0.2, 0.25) is 0 Å². The van der Waals surface area contributed by atoms with Crippen LogP contribution in [0, 0.1) is 6.92 Å². The molecule has 3 heterocycles. The summed E-state index contributed by atoms with van der Waals surface area (Å²) < 4.78 is 5.80. The molecule has 6 nitrogen and oxygen atoms in total. The zero-order chi connectivity index (χ0) is 13.1. The molecule has 1 aliphatic heterocycles. The van der Waals surface area contributed by atoms with Crippen molar-refractivity contribution in [3.63, 3.8) is 0 Å². The van der Waals surface area contributed by atoms with E-state index in [0.29, 0.717) is 6.61 Å². The van der Waals surface area contributed by atoms with E-state index < -0.39 is 0 Å². The third-order valence-corrected chi connectivity index (χ3v) is 3.08. The van der Waals surface area contributed by atoms with Crippen LogP contribution in [-0.4, -0.2) is 39.6 Å². The topological polar surface area (TPSA) is 64.0 Å². The van der Waals surface area contributed by atoms with Crippen LogP contribution in [0.4, 0.5) is 5.82 Å². The average molecular weight is 257 g/mol. The highest BCUT2D eigenvalue weighted by Gasteiger charge is 2.23. The largest absolute Gasteiger partial charge is 0.368 e. The Kier molecular flexibility index (Phi) is 3.33. The minimum Gasteiger partial charge on any atom is -0.368 e. The number of anilines is 1. The number of rotatable bonds is 2. The molecule has 2 aromatic heterocycles. The molecule has 0 spiro atoms. The summed E-state index contributed by atoms with van der Waals surface area (Å²) >= 11 is 0. The number of aromatic nitrogens is 4. The first-order valence-corrected chi connectivity index (χ1v) is 6.25.